The van der Waals surface area contributed by atoms with Crippen molar-refractivity contribution < 1.29 is 9.53 Å². The molecule has 3 aromatic carbocycles. The van der Waals surface area contributed by atoms with Crippen molar-refractivity contribution in [1.29, 1.82) is 0 Å². The summed E-state index contributed by atoms with van der Waals surface area (Å²) in [5.74, 6) is 0.834. The van der Waals surface area contributed by atoms with Crippen LogP contribution in [0.25, 0.3) is 16.5 Å². The van der Waals surface area contributed by atoms with Crippen LogP contribution in [0.1, 0.15) is 0 Å². The highest BCUT2D eigenvalue weighted by Crippen LogP contribution is 2.26. The third kappa shape index (κ3) is 3.84. The van der Waals surface area contributed by atoms with Crippen LogP contribution in [-0.4, -0.2) is 33.5 Å². The van der Waals surface area contributed by atoms with E-state index in [1.54, 1.807) is 13.4 Å². The van der Waals surface area contributed by atoms with Crippen LogP contribution in [0.3, 0.4) is 0 Å². The minimum Gasteiger partial charge on any atom is -0.495 e. The number of amides is 1. The van der Waals surface area contributed by atoms with E-state index in [9.17, 15) is 4.79 Å². The first-order valence-corrected chi connectivity index (χ1v) is 9.68. The Balaban J connectivity index is 1.45. The van der Waals surface area contributed by atoms with E-state index >= 15 is 0 Å². The fraction of sp³-hybridized carbons (Fsp3) is 0.0952. The third-order valence-electron chi connectivity index (χ3n) is 4.23. The second kappa shape index (κ2) is 8.14. The quantitative estimate of drug-likeness (QED) is 0.501. The normalized spacial score (nSPS) is 10.8. The molecule has 1 heterocycles. The molecule has 1 aromatic heterocycles. The Morgan fingerprint density at radius 3 is 2.71 bits per heavy atom. The van der Waals surface area contributed by atoms with Gasteiger partial charge in [-0.3, -0.25) is 9.36 Å². The molecule has 7 heteroatoms. The monoisotopic (exact) mass is 390 g/mol. The number of nitrogens with one attached hydrogen (secondary N) is 1. The number of hydrogen-bond donors (Lipinski definition) is 1. The van der Waals surface area contributed by atoms with Gasteiger partial charge >= 0.3 is 0 Å². The van der Waals surface area contributed by atoms with Crippen molar-refractivity contribution in [3.63, 3.8) is 0 Å². The first kappa shape index (κ1) is 18.1. The van der Waals surface area contributed by atoms with Crippen molar-refractivity contribution in [1.82, 2.24) is 14.8 Å². The van der Waals surface area contributed by atoms with Gasteiger partial charge in [0.25, 0.3) is 0 Å². The van der Waals surface area contributed by atoms with E-state index < -0.39 is 0 Å². The zero-order valence-electron chi connectivity index (χ0n) is 15.2. The Hall–Kier alpha value is -3.32. The van der Waals surface area contributed by atoms with Crippen LogP contribution in [-0.2, 0) is 4.79 Å². The lowest BCUT2D eigenvalue weighted by Crippen LogP contribution is -2.14. The maximum absolute atomic E-state index is 12.4. The standard InChI is InChI=1S/C21H18N4O2S/c1-27-19-9-5-4-8-18(19)25-14-22-24-21(25)28-13-20(26)23-17-11-10-15-6-2-3-7-16(15)12-17/h2-12,14H,13H2,1H3,(H,23,26). The Kier molecular flexibility index (Phi) is 5.25. The number of carbonyl (C=O) groups is 1. The average Bonchev–Trinajstić information content (AvgIpc) is 3.20. The highest BCUT2D eigenvalue weighted by Gasteiger charge is 2.13. The smallest absolute Gasteiger partial charge is 0.234 e. The molecule has 0 unspecified atom stereocenters. The molecule has 1 N–H and O–H groups in total. The maximum atomic E-state index is 12.4. The molecular formula is C21H18N4O2S. The van der Waals surface area contributed by atoms with E-state index in [1.807, 2.05) is 71.3 Å². The summed E-state index contributed by atoms with van der Waals surface area (Å²) in [6.45, 7) is 0. The zero-order valence-corrected chi connectivity index (χ0v) is 16.0. The van der Waals surface area contributed by atoms with E-state index in [1.165, 1.54) is 11.8 Å². The predicted molar refractivity (Wildman–Crippen MR) is 111 cm³/mol. The first-order valence-electron chi connectivity index (χ1n) is 8.69. The van der Waals surface area contributed by atoms with Crippen molar-refractivity contribution >= 4 is 34.1 Å². The second-order valence-electron chi connectivity index (χ2n) is 6.05. The molecule has 0 aliphatic rings. The highest BCUT2D eigenvalue weighted by molar-refractivity contribution is 7.99. The number of aromatic nitrogens is 3. The summed E-state index contributed by atoms with van der Waals surface area (Å²) >= 11 is 1.32. The lowest BCUT2D eigenvalue weighted by molar-refractivity contribution is -0.113. The van der Waals surface area contributed by atoms with Crippen LogP contribution in [0.15, 0.2) is 78.2 Å². The Labute approximate surface area is 166 Å². The van der Waals surface area contributed by atoms with Crippen molar-refractivity contribution in [2.24, 2.45) is 0 Å². The fourth-order valence-corrected chi connectivity index (χ4v) is 3.63. The molecule has 0 atom stereocenters. The van der Waals surface area contributed by atoms with E-state index in [4.69, 9.17) is 4.74 Å². The summed E-state index contributed by atoms with van der Waals surface area (Å²) in [5.41, 5.74) is 1.60. The molecule has 1 amide bonds. The van der Waals surface area contributed by atoms with Crippen molar-refractivity contribution in [2.45, 2.75) is 5.16 Å². The summed E-state index contributed by atoms with van der Waals surface area (Å²) in [5, 5.41) is 13.9. The van der Waals surface area contributed by atoms with Crippen LogP contribution < -0.4 is 10.1 Å². The Morgan fingerprint density at radius 1 is 1.07 bits per heavy atom. The number of para-hydroxylation sites is 2. The molecule has 0 saturated carbocycles. The van der Waals surface area contributed by atoms with Crippen LogP contribution in [0.5, 0.6) is 5.75 Å². The summed E-state index contributed by atoms with van der Waals surface area (Å²) in [6, 6.07) is 21.5. The molecule has 0 fully saturated rings. The van der Waals surface area contributed by atoms with E-state index in [0.717, 1.165) is 22.1 Å². The van der Waals surface area contributed by atoms with Crippen molar-refractivity contribution in [2.75, 3.05) is 18.2 Å². The predicted octanol–water partition coefficient (Wildman–Crippen LogP) is 4.16. The Bertz CT molecular complexity index is 1130. The van der Waals surface area contributed by atoms with E-state index in [2.05, 4.69) is 15.5 Å². The molecule has 0 bridgehead atoms. The molecular weight excluding hydrogens is 372 g/mol. The molecule has 6 nitrogen and oxygen atoms in total. The lowest BCUT2D eigenvalue weighted by atomic mass is 10.1. The van der Waals surface area contributed by atoms with Crippen molar-refractivity contribution in [3.8, 4) is 11.4 Å². The van der Waals surface area contributed by atoms with Crippen LogP contribution in [0.2, 0.25) is 0 Å². The van der Waals surface area contributed by atoms with Gasteiger partial charge in [-0.2, -0.15) is 0 Å². The first-order chi connectivity index (χ1) is 13.7. The second-order valence-corrected chi connectivity index (χ2v) is 7.00. The largest absolute Gasteiger partial charge is 0.495 e. The number of hydrogen-bond acceptors (Lipinski definition) is 5. The molecule has 0 aliphatic carbocycles. The summed E-state index contributed by atoms with van der Waals surface area (Å²) in [7, 11) is 1.62. The maximum Gasteiger partial charge on any atom is 0.234 e. The molecule has 4 rings (SSSR count). The van der Waals surface area contributed by atoms with E-state index in [-0.39, 0.29) is 11.7 Å². The molecule has 4 aromatic rings. The number of methoxy groups -OCH3 is 1. The number of fused-ring (bicyclic) bond motifs is 1. The number of nitrogens with zero attached hydrogens (tertiary/aromatic N) is 3. The molecule has 0 radical (unpaired) electrons. The molecule has 0 saturated heterocycles. The molecule has 140 valence electrons. The number of carbonyl (C=O) groups excluding carboxylic acids is 1. The highest BCUT2D eigenvalue weighted by atomic mass is 32.2. The van der Waals surface area contributed by atoms with Gasteiger partial charge in [0.15, 0.2) is 5.16 Å². The SMILES string of the molecule is COc1ccccc1-n1cnnc1SCC(=O)Nc1ccc2ccccc2c1. The van der Waals surface area contributed by atoms with Gasteiger partial charge < -0.3 is 10.1 Å². The summed E-state index contributed by atoms with van der Waals surface area (Å²) in [6.07, 6.45) is 1.61. The lowest BCUT2D eigenvalue weighted by Gasteiger charge is -2.10. The average molecular weight is 390 g/mol. The summed E-state index contributed by atoms with van der Waals surface area (Å²) in [4.78, 5) is 12.4. The van der Waals surface area contributed by atoms with Gasteiger partial charge in [0.1, 0.15) is 12.1 Å². The van der Waals surface area contributed by atoms with Gasteiger partial charge in [0.2, 0.25) is 5.91 Å². The number of rotatable bonds is 6. The van der Waals surface area contributed by atoms with Crippen molar-refractivity contribution in [3.05, 3.63) is 73.1 Å². The van der Waals surface area contributed by atoms with Gasteiger partial charge in [0.05, 0.1) is 18.6 Å². The van der Waals surface area contributed by atoms with E-state index in [0.29, 0.717) is 10.9 Å². The minimum absolute atomic E-state index is 0.102. The number of thioether (sulfide) groups is 1. The zero-order chi connectivity index (χ0) is 19.3. The minimum atomic E-state index is -0.102. The third-order valence-corrected chi connectivity index (χ3v) is 5.17. The molecule has 0 spiro atoms. The van der Waals surface area contributed by atoms with Crippen LogP contribution >= 0.6 is 11.8 Å². The fourth-order valence-electron chi connectivity index (χ4n) is 2.91. The van der Waals surface area contributed by atoms with Crippen LogP contribution in [0.4, 0.5) is 5.69 Å². The van der Waals surface area contributed by atoms with Gasteiger partial charge in [-0.15, -0.1) is 10.2 Å². The van der Waals surface area contributed by atoms with Gasteiger partial charge in [0, 0.05) is 5.69 Å². The molecule has 28 heavy (non-hydrogen) atoms. The Morgan fingerprint density at radius 2 is 1.86 bits per heavy atom. The molecule has 0 aliphatic heterocycles. The van der Waals surface area contributed by atoms with Gasteiger partial charge in [-0.25, -0.2) is 0 Å². The van der Waals surface area contributed by atoms with Gasteiger partial charge in [-0.1, -0.05) is 54.2 Å². The summed E-state index contributed by atoms with van der Waals surface area (Å²) < 4.78 is 7.21. The van der Waals surface area contributed by atoms with Gasteiger partial charge in [-0.05, 0) is 35.0 Å². The number of benzene rings is 3. The number of anilines is 1. The van der Waals surface area contributed by atoms with Crippen LogP contribution in [0, 0.1) is 0 Å². The topological polar surface area (TPSA) is 69.0 Å². The number of ether oxygens (including phenoxy) is 1.